The molecule has 6 heteroatoms. The Morgan fingerprint density at radius 2 is 1.96 bits per heavy atom. The summed E-state index contributed by atoms with van der Waals surface area (Å²) in [6, 6.07) is 11.8. The molecule has 1 heterocycles. The second kappa shape index (κ2) is 6.80. The minimum Gasteiger partial charge on any atom is -0.462 e. The van der Waals surface area contributed by atoms with Crippen LogP contribution >= 0.6 is 12.6 Å². The van der Waals surface area contributed by atoms with E-state index in [0.717, 1.165) is 4.90 Å². The molecule has 0 amide bonds. The summed E-state index contributed by atoms with van der Waals surface area (Å²) >= 11 is 4.23. The molecule has 0 radical (unpaired) electrons. The summed E-state index contributed by atoms with van der Waals surface area (Å²) in [5, 5.41) is 0.597. The SMILES string of the molecule is CCOC(=O)c1cc(Oc2ccc(S)cc2)c2cc(C=O)oc2c1. The van der Waals surface area contributed by atoms with Gasteiger partial charge in [0.05, 0.1) is 17.6 Å². The molecule has 0 fully saturated rings. The Labute approximate surface area is 143 Å². The van der Waals surface area contributed by atoms with Crippen LogP contribution < -0.4 is 4.74 Å². The number of fused-ring (bicyclic) bond motifs is 1. The highest BCUT2D eigenvalue weighted by atomic mass is 32.1. The molecule has 0 N–H and O–H groups in total. The van der Waals surface area contributed by atoms with Gasteiger partial charge < -0.3 is 13.9 Å². The van der Waals surface area contributed by atoms with Crippen LogP contribution in [0.4, 0.5) is 0 Å². The van der Waals surface area contributed by atoms with Gasteiger partial charge in [0.1, 0.15) is 17.1 Å². The molecular weight excluding hydrogens is 328 g/mol. The molecule has 1 aromatic heterocycles. The van der Waals surface area contributed by atoms with Crippen molar-refractivity contribution in [1.29, 1.82) is 0 Å². The number of carbonyl (C=O) groups excluding carboxylic acids is 2. The summed E-state index contributed by atoms with van der Waals surface area (Å²) in [6.07, 6.45) is 0.601. The lowest BCUT2D eigenvalue weighted by molar-refractivity contribution is 0.0526. The second-order valence-corrected chi connectivity index (χ2v) is 5.49. The van der Waals surface area contributed by atoms with Crippen molar-refractivity contribution in [3.8, 4) is 11.5 Å². The van der Waals surface area contributed by atoms with Crippen molar-refractivity contribution in [3.05, 3.63) is 53.8 Å². The molecule has 5 nitrogen and oxygen atoms in total. The van der Waals surface area contributed by atoms with Crippen molar-refractivity contribution in [2.75, 3.05) is 6.61 Å². The number of benzene rings is 2. The van der Waals surface area contributed by atoms with Crippen molar-refractivity contribution in [2.45, 2.75) is 11.8 Å². The van der Waals surface area contributed by atoms with Crippen LogP contribution in [0.1, 0.15) is 27.8 Å². The van der Waals surface area contributed by atoms with Crippen LogP contribution in [0.5, 0.6) is 11.5 Å². The van der Waals surface area contributed by atoms with Gasteiger partial charge in [0.15, 0.2) is 12.0 Å². The van der Waals surface area contributed by atoms with E-state index in [4.69, 9.17) is 13.9 Å². The maximum Gasteiger partial charge on any atom is 0.338 e. The first-order valence-electron chi connectivity index (χ1n) is 7.27. The molecule has 2 aromatic carbocycles. The molecule has 0 atom stereocenters. The molecular formula is C18H14O5S. The average Bonchev–Trinajstić information content (AvgIpc) is 3.00. The van der Waals surface area contributed by atoms with Gasteiger partial charge in [0, 0.05) is 4.90 Å². The summed E-state index contributed by atoms with van der Waals surface area (Å²) < 4.78 is 16.3. The highest BCUT2D eigenvalue weighted by Gasteiger charge is 2.16. The number of esters is 1. The highest BCUT2D eigenvalue weighted by Crippen LogP contribution is 2.34. The Kier molecular flexibility index (Phi) is 4.57. The largest absolute Gasteiger partial charge is 0.462 e. The predicted octanol–water partition coefficient (Wildman–Crippen LogP) is 4.50. The quantitative estimate of drug-likeness (QED) is 0.420. The zero-order chi connectivity index (χ0) is 17.1. The number of carbonyl (C=O) groups is 2. The summed E-state index contributed by atoms with van der Waals surface area (Å²) in [5.74, 6) is 0.642. The normalized spacial score (nSPS) is 10.6. The van der Waals surface area contributed by atoms with E-state index in [-0.39, 0.29) is 17.9 Å². The van der Waals surface area contributed by atoms with Gasteiger partial charge in [-0.25, -0.2) is 4.79 Å². The number of thiol groups is 1. The first kappa shape index (κ1) is 16.1. The van der Waals surface area contributed by atoms with Gasteiger partial charge in [-0.05, 0) is 49.4 Å². The molecule has 0 saturated heterocycles. The zero-order valence-electron chi connectivity index (χ0n) is 12.8. The van der Waals surface area contributed by atoms with Gasteiger partial charge >= 0.3 is 5.97 Å². The molecule has 0 aliphatic carbocycles. The zero-order valence-corrected chi connectivity index (χ0v) is 13.7. The predicted molar refractivity (Wildman–Crippen MR) is 91.3 cm³/mol. The Bertz CT molecular complexity index is 896. The van der Waals surface area contributed by atoms with E-state index in [1.165, 1.54) is 6.07 Å². The highest BCUT2D eigenvalue weighted by molar-refractivity contribution is 7.80. The van der Waals surface area contributed by atoms with Crippen LogP contribution in [-0.2, 0) is 4.74 Å². The fourth-order valence-electron chi connectivity index (χ4n) is 2.24. The lowest BCUT2D eigenvalue weighted by Gasteiger charge is -2.09. The number of rotatable bonds is 5. The van der Waals surface area contributed by atoms with E-state index in [0.29, 0.717) is 28.8 Å². The van der Waals surface area contributed by atoms with Crippen LogP contribution in [0.25, 0.3) is 11.0 Å². The van der Waals surface area contributed by atoms with Crippen molar-refractivity contribution in [1.82, 2.24) is 0 Å². The molecule has 3 rings (SSSR count). The molecule has 0 aliphatic rings. The Morgan fingerprint density at radius 1 is 1.21 bits per heavy atom. The summed E-state index contributed by atoms with van der Waals surface area (Å²) in [4.78, 5) is 23.8. The topological polar surface area (TPSA) is 65.7 Å². The smallest absolute Gasteiger partial charge is 0.338 e. The van der Waals surface area contributed by atoms with Gasteiger partial charge in [-0.15, -0.1) is 12.6 Å². The average molecular weight is 342 g/mol. The maximum absolute atomic E-state index is 12.0. The minimum absolute atomic E-state index is 0.154. The number of ether oxygens (including phenoxy) is 2. The van der Waals surface area contributed by atoms with Gasteiger partial charge in [-0.3, -0.25) is 4.79 Å². The lowest BCUT2D eigenvalue weighted by atomic mass is 10.1. The van der Waals surface area contributed by atoms with Gasteiger partial charge in [-0.2, -0.15) is 0 Å². The van der Waals surface area contributed by atoms with E-state index in [1.54, 1.807) is 43.3 Å². The van der Waals surface area contributed by atoms with Crippen molar-refractivity contribution < 1.29 is 23.5 Å². The van der Waals surface area contributed by atoms with Gasteiger partial charge in [-0.1, -0.05) is 0 Å². The fraction of sp³-hybridized carbons (Fsp3) is 0.111. The third kappa shape index (κ3) is 3.28. The van der Waals surface area contributed by atoms with E-state index >= 15 is 0 Å². The molecule has 122 valence electrons. The summed E-state index contributed by atoms with van der Waals surface area (Å²) in [7, 11) is 0. The van der Waals surface area contributed by atoms with Gasteiger partial charge in [0.25, 0.3) is 0 Å². The second-order valence-electron chi connectivity index (χ2n) is 4.97. The molecule has 0 spiro atoms. The van der Waals surface area contributed by atoms with Gasteiger partial charge in [0.2, 0.25) is 0 Å². The van der Waals surface area contributed by atoms with E-state index in [2.05, 4.69) is 12.6 Å². The number of hydrogen-bond donors (Lipinski definition) is 1. The number of aldehydes is 1. The Hall–Kier alpha value is -2.73. The standard InChI is InChI=1S/C18H14O5S/c1-2-21-18(20)11-7-16(22-12-3-5-14(24)6-4-12)15-9-13(10-19)23-17(15)8-11/h3-10,24H,2H2,1H3. The monoisotopic (exact) mass is 342 g/mol. The number of hydrogen-bond acceptors (Lipinski definition) is 6. The third-order valence-corrected chi connectivity index (χ3v) is 3.61. The molecule has 0 bridgehead atoms. The molecule has 0 saturated carbocycles. The van der Waals surface area contributed by atoms with Crippen LogP contribution in [0.3, 0.4) is 0 Å². The Morgan fingerprint density at radius 3 is 2.62 bits per heavy atom. The van der Waals surface area contributed by atoms with Crippen LogP contribution in [0.2, 0.25) is 0 Å². The van der Waals surface area contributed by atoms with Crippen molar-refractivity contribution in [3.63, 3.8) is 0 Å². The van der Waals surface area contributed by atoms with E-state index < -0.39 is 5.97 Å². The lowest BCUT2D eigenvalue weighted by Crippen LogP contribution is -2.04. The van der Waals surface area contributed by atoms with E-state index in [9.17, 15) is 9.59 Å². The fourth-order valence-corrected chi connectivity index (χ4v) is 2.39. The first-order chi connectivity index (χ1) is 11.6. The summed E-state index contributed by atoms with van der Waals surface area (Å²) in [5.41, 5.74) is 0.667. The van der Waals surface area contributed by atoms with Crippen LogP contribution in [0.15, 0.2) is 51.8 Å². The van der Waals surface area contributed by atoms with Crippen LogP contribution in [-0.4, -0.2) is 18.9 Å². The Balaban J connectivity index is 2.08. The minimum atomic E-state index is -0.487. The van der Waals surface area contributed by atoms with E-state index in [1.807, 2.05) is 0 Å². The molecule has 0 unspecified atom stereocenters. The maximum atomic E-state index is 12.0. The third-order valence-electron chi connectivity index (χ3n) is 3.31. The van der Waals surface area contributed by atoms with Crippen LogP contribution in [0, 0.1) is 0 Å². The van der Waals surface area contributed by atoms with Crippen molar-refractivity contribution >= 4 is 35.9 Å². The number of furan rings is 1. The summed E-state index contributed by atoms with van der Waals surface area (Å²) in [6.45, 7) is 1.98. The molecule has 24 heavy (non-hydrogen) atoms. The first-order valence-corrected chi connectivity index (χ1v) is 7.72. The van der Waals surface area contributed by atoms with Crippen molar-refractivity contribution in [2.24, 2.45) is 0 Å². The molecule has 0 aliphatic heterocycles. The molecule has 3 aromatic rings.